The quantitative estimate of drug-likeness (QED) is 0.620. The van der Waals surface area contributed by atoms with Crippen molar-refractivity contribution in [1.82, 2.24) is 4.72 Å². The molecule has 4 atom stereocenters. The zero-order valence-electron chi connectivity index (χ0n) is 9.03. The number of aliphatic hydroxyl groups is 1. The van der Waals surface area contributed by atoms with Crippen LogP contribution in [-0.2, 0) is 10.0 Å². The Kier molecular flexibility index (Phi) is 1.62. The molecule has 1 saturated heterocycles. The average molecular weight is 231 g/mol. The molecule has 0 aromatic rings. The predicted molar refractivity (Wildman–Crippen MR) is 55.7 cm³/mol. The molecule has 0 unspecified atom stereocenters. The molecule has 5 heteroatoms. The van der Waals surface area contributed by atoms with Crippen LogP contribution in [0, 0.1) is 16.7 Å². The van der Waals surface area contributed by atoms with E-state index in [0.29, 0.717) is 0 Å². The van der Waals surface area contributed by atoms with E-state index in [1.165, 1.54) is 0 Å². The summed E-state index contributed by atoms with van der Waals surface area (Å²) in [5, 5.41) is 10.1. The molecule has 3 aliphatic rings. The molecule has 2 N–H and O–H groups in total. The van der Waals surface area contributed by atoms with Gasteiger partial charge in [-0.05, 0) is 24.2 Å². The fourth-order valence-corrected chi connectivity index (χ4v) is 6.49. The number of fused-ring (bicyclic) bond motifs is 1. The predicted octanol–water partition coefficient (Wildman–Crippen LogP) is 0.0851. The number of nitrogens with one attached hydrogen (secondary N) is 1. The van der Waals surface area contributed by atoms with Crippen LogP contribution < -0.4 is 4.72 Å². The van der Waals surface area contributed by atoms with Crippen LogP contribution in [0.1, 0.15) is 26.7 Å². The summed E-state index contributed by atoms with van der Waals surface area (Å²) in [5.74, 6) is 0.455. The van der Waals surface area contributed by atoms with Crippen molar-refractivity contribution in [3.05, 3.63) is 0 Å². The molecule has 4 nitrogen and oxygen atoms in total. The minimum atomic E-state index is -3.16. The highest BCUT2D eigenvalue weighted by molar-refractivity contribution is 7.89. The number of rotatable bonds is 0. The molecular weight excluding hydrogens is 214 g/mol. The van der Waals surface area contributed by atoms with E-state index in [1.54, 1.807) is 0 Å². The van der Waals surface area contributed by atoms with E-state index < -0.39 is 16.1 Å². The third-order valence-electron chi connectivity index (χ3n) is 5.21. The summed E-state index contributed by atoms with van der Waals surface area (Å²) in [6, 6.07) is -0.240. The Balaban J connectivity index is 2.16. The Morgan fingerprint density at radius 2 is 2.07 bits per heavy atom. The van der Waals surface area contributed by atoms with Gasteiger partial charge in [0.05, 0.1) is 17.9 Å². The average Bonchev–Trinajstić information content (AvgIpc) is 2.54. The van der Waals surface area contributed by atoms with Crippen molar-refractivity contribution < 1.29 is 13.5 Å². The van der Waals surface area contributed by atoms with Crippen LogP contribution >= 0.6 is 0 Å². The molecule has 2 bridgehead atoms. The molecule has 86 valence electrons. The van der Waals surface area contributed by atoms with Crippen LogP contribution in [-0.4, -0.2) is 31.4 Å². The molecule has 0 amide bonds. The van der Waals surface area contributed by atoms with E-state index >= 15 is 0 Å². The molecule has 1 spiro atoms. The summed E-state index contributed by atoms with van der Waals surface area (Å²) in [4.78, 5) is 0. The summed E-state index contributed by atoms with van der Waals surface area (Å²) in [6.45, 7) is 4.22. The monoisotopic (exact) mass is 231 g/mol. The third kappa shape index (κ3) is 0.929. The minimum Gasteiger partial charge on any atom is -0.391 e. The molecule has 3 fully saturated rings. The molecule has 15 heavy (non-hydrogen) atoms. The van der Waals surface area contributed by atoms with Crippen LogP contribution in [0.15, 0.2) is 0 Å². The van der Waals surface area contributed by atoms with Crippen molar-refractivity contribution in [3.8, 4) is 0 Å². The van der Waals surface area contributed by atoms with Crippen LogP contribution in [0.5, 0.6) is 0 Å². The molecule has 0 aromatic carbocycles. The lowest BCUT2D eigenvalue weighted by Gasteiger charge is -2.35. The highest BCUT2D eigenvalue weighted by Crippen LogP contribution is 2.67. The summed E-state index contributed by atoms with van der Waals surface area (Å²) < 4.78 is 25.9. The van der Waals surface area contributed by atoms with E-state index in [0.717, 1.165) is 12.8 Å². The van der Waals surface area contributed by atoms with Gasteiger partial charge in [-0.15, -0.1) is 0 Å². The zero-order chi connectivity index (χ0) is 11.1. The molecule has 0 radical (unpaired) electrons. The van der Waals surface area contributed by atoms with Gasteiger partial charge in [0.15, 0.2) is 0 Å². The Morgan fingerprint density at radius 3 is 2.67 bits per heavy atom. The number of hydrogen-bond acceptors (Lipinski definition) is 3. The van der Waals surface area contributed by atoms with Gasteiger partial charge in [0.2, 0.25) is 10.0 Å². The lowest BCUT2D eigenvalue weighted by atomic mass is 9.69. The smallest absolute Gasteiger partial charge is 0.212 e. The topological polar surface area (TPSA) is 66.4 Å². The largest absolute Gasteiger partial charge is 0.391 e. The molecule has 2 saturated carbocycles. The van der Waals surface area contributed by atoms with E-state index in [2.05, 4.69) is 18.6 Å². The summed E-state index contributed by atoms with van der Waals surface area (Å²) in [6.07, 6.45) is 1.39. The summed E-state index contributed by atoms with van der Waals surface area (Å²) >= 11 is 0. The lowest BCUT2D eigenvalue weighted by molar-refractivity contribution is 0.0744. The molecular formula is C10H17NO3S. The molecule has 1 heterocycles. The summed E-state index contributed by atoms with van der Waals surface area (Å²) in [7, 11) is -3.16. The van der Waals surface area contributed by atoms with Crippen LogP contribution in [0.3, 0.4) is 0 Å². The first-order chi connectivity index (χ1) is 6.80. The molecule has 0 aromatic heterocycles. The Morgan fingerprint density at radius 1 is 1.40 bits per heavy atom. The van der Waals surface area contributed by atoms with Gasteiger partial charge in [0.1, 0.15) is 0 Å². The first kappa shape index (κ1) is 10.1. The standard InChI is InChI=1S/C10H17NO3S/c1-9(2)6-3-4-10(9)5-15(13,14)11-8(10)7(6)12/h6-8,11-12H,3-5H2,1-2H3/t6-,7-,8-,10-/m1/s1. The van der Waals surface area contributed by atoms with E-state index in [9.17, 15) is 13.5 Å². The third-order valence-corrected chi connectivity index (χ3v) is 6.72. The van der Waals surface area contributed by atoms with Crippen molar-refractivity contribution in [1.29, 1.82) is 0 Å². The van der Waals surface area contributed by atoms with Gasteiger partial charge < -0.3 is 5.11 Å². The van der Waals surface area contributed by atoms with Crippen molar-refractivity contribution >= 4 is 10.0 Å². The second-order valence-electron chi connectivity index (χ2n) is 5.87. The minimum absolute atomic E-state index is 0.0619. The maximum atomic E-state index is 11.6. The normalized spacial score (nSPS) is 54.5. The van der Waals surface area contributed by atoms with Gasteiger partial charge in [0, 0.05) is 5.41 Å². The Bertz CT molecular complexity index is 416. The zero-order valence-corrected chi connectivity index (χ0v) is 9.84. The number of hydrogen-bond donors (Lipinski definition) is 2. The fourth-order valence-electron chi connectivity index (χ4n) is 4.28. The molecule has 1 aliphatic heterocycles. The first-order valence-electron chi connectivity index (χ1n) is 5.48. The lowest BCUT2D eigenvalue weighted by Crippen LogP contribution is -2.45. The highest BCUT2D eigenvalue weighted by Gasteiger charge is 2.72. The van der Waals surface area contributed by atoms with Gasteiger partial charge in [-0.3, -0.25) is 0 Å². The Hall–Kier alpha value is -0.130. The van der Waals surface area contributed by atoms with Gasteiger partial charge >= 0.3 is 0 Å². The maximum absolute atomic E-state index is 11.6. The first-order valence-corrected chi connectivity index (χ1v) is 7.13. The van der Waals surface area contributed by atoms with Gasteiger partial charge in [-0.2, -0.15) is 0 Å². The van der Waals surface area contributed by atoms with Crippen LogP contribution in [0.25, 0.3) is 0 Å². The number of sulfonamides is 1. The SMILES string of the molecule is CC1(C)[C@@H]2CC[C@]13CS(=O)(=O)N[C@@H]3[C@@H]2O. The Labute approximate surface area is 90.1 Å². The van der Waals surface area contributed by atoms with Crippen molar-refractivity contribution in [2.45, 2.75) is 38.8 Å². The van der Waals surface area contributed by atoms with Crippen molar-refractivity contribution in [2.75, 3.05) is 5.75 Å². The van der Waals surface area contributed by atoms with Crippen molar-refractivity contribution in [2.24, 2.45) is 16.7 Å². The van der Waals surface area contributed by atoms with Gasteiger partial charge in [-0.1, -0.05) is 13.8 Å². The van der Waals surface area contributed by atoms with E-state index in [1.807, 2.05) is 0 Å². The molecule has 3 rings (SSSR count). The van der Waals surface area contributed by atoms with Crippen molar-refractivity contribution in [3.63, 3.8) is 0 Å². The molecule has 2 aliphatic carbocycles. The van der Waals surface area contributed by atoms with E-state index in [4.69, 9.17) is 0 Å². The van der Waals surface area contributed by atoms with Gasteiger partial charge in [0.25, 0.3) is 0 Å². The van der Waals surface area contributed by atoms with Crippen LogP contribution in [0.2, 0.25) is 0 Å². The second kappa shape index (κ2) is 2.41. The maximum Gasteiger partial charge on any atom is 0.212 e. The fraction of sp³-hybridized carbons (Fsp3) is 1.00. The highest BCUT2D eigenvalue weighted by atomic mass is 32.2. The van der Waals surface area contributed by atoms with Crippen LogP contribution in [0.4, 0.5) is 0 Å². The second-order valence-corrected chi connectivity index (χ2v) is 7.62. The van der Waals surface area contributed by atoms with Gasteiger partial charge in [-0.25, -0.2) is 13.1 Å². The summed E-state index contributed by atoms with van der Waals surface area (Å²) in [5.41, 5.74) is -0.288. The number of aliphatic hydroxyl groups excluding tert-OH is 1. The van der Waals surface area contributed by atoms with E-state index in [-0.39, 0.29) is 28.5 Å².